The Balaban J connectivity index is 3.52. The predicted molar refractivity (Wildman–Crippen MR) is 67.1 cm³/mol. The molecule has 0 bridgehead atoms. The average molecular weight is 229 g/mol. The van der Waals surface area contributed by atoms with Gasteiger partial charge in [-0.25, -0.2) is 0 Å². The molecule has 0 spiro atoms. The molecular formula is C13H27NO2. The Labute approximate surface area is 99.7 Å². The molecule has 3 nitrogen and oxygen atoms in total. The lowest BCUT2D eigenvalue weighted by Crippen LogP contribution is -2.14. The van der Waals surface area contributed by atoms with E-state index in [1.54, 1.807) is 0 Å². The Morgan fingerprint density at radius 2 is 1.94 bits per heavy atom. The van der Waals surface area contributed by atoms with Crippen LogP contribution in [0.15, 0.2) is 0 Å². The number of hydrogen-bond acceptors (Lipinski definition) is 3. The van der Waals surface area contributed by atoms with E-state index in [4.69, 9.17) is 10.5 Å². The van der Waals surface area contributed by atoms with Gasteiger partial charge in [0.15, 0.2) is 0 Å². The number of carbonyl (C=O) groups is 1. The van der Waals surface area contributed by atoms with Crippen LogP contribution in [0.4, 0.5) is 0 Å². The zero-order chi connectivity index (χ0) is 12.6. The maximum Gasteiger partial charge on any atom is 0.305 e. The van der Waals surface area contributed by atoms with Gasteiger partial charge in [-0.2, -0.15) is 0 Å². The number of esters is 1. The first kappa shape index (κ1) is 15.4. The van der Waals surface area contributed by atoms with E-state index in [2.05, 4.69) is 27.7 Å². The van der Waals surface area contributed by atoms with E-state index in [1.807, 2.05) is 0 Å². The largest absolute Gasteiger partial charge is 0.466 e. The molecule has 0 rings (SSSR count). The van der Waals surface area contributed by atoms with Crippen molar-refractivity contribution in [3.05, 3.63) is 0 Å². The summed E-state index contributed by atoms with van der Waals surface area (Å²) in [5.41, 5.74) is 5.68. The first-order valence-corrected chi connectivity index (χ1v) is 6.21. The van der Waals surface area contributed by atoms with Crippen molar-refractivity contribution >= 4 is 5.97 Å². The summed E-state index contributed by atoms with van der Waals surface area (Å²) >= 11 is 0. The van der Waals surface area contributed by atoms with E-state index in [0.29, 0.717) is 25.5 Å². The molecule has 0 fully saturated rings. The Morgan fingerprint density at radius 3 is 2.44 bits per heavy atom. The highest BCUT2D eigenvalue weighted by Gasteiger charge is 2.12. The molecule has 0 aromatic heterocycles. The molecule has 0 saturated carbocycles. The quantitative estimate of drug-likeness (QED) is 0.683. The predicted octanol–water partition coefficient (Wildman–Crippen LogP) is 2.73. The second kappa shape index (κ2) is 7.66. The van der Waals surface area contributed by atoms with Gasteiger partial charge in [0, 0.05) is 6.42 Å². The minimum Gasteiger partial charge on any atom is -0.466 e. The highest BCUT2D eigenvalue weighted by Crippen LogP contribution is 2.18. The van der Waals surface area contributed by atoms with Gasteiger partial charge in [-0.05, 0) is 37.1 Å². The molecule has 16 heavy (non-hydrogen) atoms. The summed E-state index contributed by atoms with van der Waals surface area (Å²) < 4.78 is 5.18. The molecule has 0 aromatic carbocycles. The number of carbonyl (C=O) groups excluding carboxylic acids is 1. The molecule has 1 atom stereocenters. The van der Waals surface area contributed by atoms with Crippen molar-refractivity contribution in [1.82, 2.24) is 0 Å². The van der Waals surface area contributed by atoms with Crippen LogP contribution >= 0.6 is 0 Å². The van der Waals surface area contributed by atoms with Crippen molar-refractivity contribution in [2.24, 2.45) is 17.1 Å². The lowest BCUT2D eigenvalue weighted by molar-refractivity contribution is -0.144. The molecule has 0 aliphatic heterocycles. The molecule has 0 aromatic rings. The van der Waals surface area contributed by atoms with Gasteiger partial charge in [0.1, 0.15) is 0 Å². The van der Waals surface area contributed by atoms with Gasteiger partial charge < -0.3 is 10.5 Å². The lowest BCUT2D eigenvalue weighted by Gasteiger charge is -2.17. The smallest absolute Gasteiger partial charge is 0.305 e. The third kappa shape index (κ3) is 9.97. The molecule has 0 saturated heterocycles. The van der Waals surface area contributed by atoms with Gasteiger partial charge >= 0.3 is 5.97 Å². The molecule has 2 N–H and O–H groups in total. The molecule has 0 amide bonds. The maximum atomic E-state index is 11.4. The second-order valence-corrected chi connectivity index (χ2v) is 5.75. The Morgan fingerprint density at radius 1 is 1.31 bits per heavy atom. The zero-order valence-electron chi connectivity index (χ0n) is 11.2. The number of ether oxygens (including phenoxy) is 1. The van der Waals surface area contributed by atoms with Crippen LogP contribution in [-0.2, 0) is 9.53 Å². The first-order valence-electron chi connectivity index (χ1n) is 6.21. The van der Waals surface area contributed by atoms with Gasteiger partial charge in [-0.15, -0.1) is 0 Å². The van der Waals surface area contributed by atoms with Crippen LogP contribution in [0.25, 0.3) is 0 Å². The summed E-state index contributed by atoms with van der Waals surface area (Å²) in [7, 11) is 0. The second-order valence-electron chi connectivity index (χ2n) is 5.75. The minimum atomic E-state index is -0.0758. The molecule has 0 aliphatic rings. The fourth-order valence-corrected chi connectivity index (χ4v) is 1.34. The van der Waals surface area contributed by atoms with Gasteiger partial charge in [0.2, 0.25) is 0 Å². The van der Waals surface area contributed by atoms with Crippen LogP contribution in [0.3, 0.4) is 0 Å². The van der Waals surface area contributed by atoms with Crippen molar-refractivity contribution < 1.29 is 9.53 Å². The van der Waals surface area contributed by atoms with Crippen LogP contribution in [0.1, 0.15) is 53.4 Å². The number of nitrogens with two attached hydrogens (primary N) is 1. The van der Waals surface area contributed by atoms with E-state index in [-0.39, 0.29) is 11.4 Å². The fraction of sp³-hybridized carbons (Fsp3) is 0.923. The third-order valence-corrected chi connectivity index (χ3v) is 2.62. The summed E-state index contributed by atoms with van der Waals surface area (Å²) in [5.74, 6) is 0.438. The fourth-order valence-electron chi connectivity index (χ4n) is 1.34. The summed E-state index contributed by atoms with van der Waals surface area (Å²) in [6, 6.07) is 0. The van der Waals surface area contributed by atoms with E-state index in [1.165, 1.54) is 0 Å². The van der Waals surface area contributed by atoms with Gasteiger partial charge in [0.25, 0.3) is 0 Å². The molecule has 96 valence electrons. The van der Waals surface area contributed by atoms with Crippen molar-refractivity contribution in [2.45, 2.75) is 53.4 Å². The zero-order valence-corrected chi connectivity index (χ0v) is 11.2. The maximum absolute atomic E-state index is 11.4. The van der Waals surface area contributed by atoms with Crippen LogP contribution < -0.4 is 5.73 Å². The number of rotatable bonds is 7. The normalized spacial score (nSPS) is 13.6. The summed E-state index contributed by atoms with van der Waals surface area (Å²) in [5, 5.41) is 0. The van der Waals surface area contributed by atoms with E-state index in [0.717, 1.165) is 19.3 Å². The van der Waals surface area contributed by atoms with E-state index >= 15 is 0 Å². The van der Waals surface area contributed by atoms with Crippen LogP contribution in [0, 0.1) is 11.3 Å². The van der Waals surface area contributed by atoms with Gasteiger partial charge in [-0.3, -0.25) is 4.79 Å². The summed E-state index contributed by atoms with van der Waals surface area (Å²) in [6.07, 6.45) is 3.29. The van der Waals surface area contributed by atoms with Crippen LogP contribution in [-0.4, -0.2) is 19.1 Å². The highest BCUT2D eigenvalue weighted by molar-refractivity contribution is 5.69. The third-order valence-electron chi connectivity index (χ3n) is 2.62. The topological polar surface area (TPSA) is 52.3 Å². The number of hydrogen-bond donors (Lipinski definition) is 1. The molecule has 0 heterocycles. The van der Waals surface area contributed by atoms with Crippen molar-refractivity contribution in [1.29, 1.82) is 0 Å². The minimum absolute atomic E-state index is 0.0758. The monoisotopic (exact) mass is 229 g/mol. The molecule has 1 unspecified atom stereocenters. The standard InChI is InChI=1S/C13H27NO2/c1-11(7-9-14)5-6-12(15)16-10-8-13(2,3)4/h11H,5-10,14H2,1-4H3. The Kier molecular flexibility index (Phi) is 7.39. The Bertz CT molecular complexity index is 197. The molecule has 0 radical (unpaired) electrons. The molecule has 0 aliphatic carbocycles. The molecule has 3 heteroatoms. The van der Waals surface area contributed by atoms with Crippen LogP contribution in [0.5, 0.6) is 0 Å². The van der Waals surface area contributed by atoms with E-state index < -0.39 is 0 Å². The van der Waals surface area contributed by atoms with Crippen LogP contribution in [0.2, 0.25) is 0 Å². The van der Waals surface area contributed by atoms with Crippen molar-refractivity contribution in [3.63, 3.8) is 0 Å². The Hall–Kier alpha value is -0.570. The van der Waals surface area contributed by atoms with Crippen molar-refractivity contribution in [3.8, 4) is 0 Å². The summed E-state index contributed by atoms with van der Waals surface area (Å²) in [6.45, 7) is 9.78. The van der Waals surface area contributed by atoms with Gasteiger partial charge in [-0.1, -0.05) is 27.7 Å². The SMILES string of the molecule is CC(CCN)CCC(=O)OCCC(C)(C)C. The first-order chi connectivity index (χ1) is 7.35. The van der Waals surface area contributed by atoms with Crippen molar-refractivity contribution in [2.75, 3.05) is 13.2 Å². The lowest BCUT2D eigenvalue weighted by atomic mass is 9.93. The highest BCUT2D eigenvalue weighted by atomic mass is 16.5. The molecular weight excluding hydrogens is 202 g/mol. The van der Waals surface area contributed by atoms with Gasteiger partial charge in [0.05, 0.1) is 6.61 Å². The summed E-state index contributed by atoms with van der Waals surface area (Å²) in [4.78, 5) is 11.4. The van der Waals surface area contributed by atoms with E-state index in [9.17, 15) is 4.79 Å². The average Bonchev–Trinajstić information content (AvgIpc) is 2.13.